The van der Waals surface area contributed by atoms with E-state index < -0.39 is 0 Å². The van der Waals surface area contributed by atoms with Crippen molar-refractivity contribution < 1.29 is 56.0 Å². The fourth-order valence-electron chi connectivity index (χ4n) is 0. The van der Waals surface area contributed by atoms with Crippen LogP contribution >= 0.6 is 9.90 Å². The number of hydrogen-bond donors (Lipinski definition) is 0. The average Bonchev–Trinajstić information content (AvgIpc) is 0. The smallest absolute Gasteiger partial charge is 0 e. The fourth-order valence-corrected chi connectivity index (χ4v) is 0. The molecule has 0 bridgehead atoms. The minimum atomic E-state index is 0. The fraction of sp³-hybridized carbons (Fsp3) is 0. The third-order valence-corrected chi connectivity index (χ3v) is 0. The molecule has 0 aromatic heterocycles. The van der Waals surface area contributed by atoms with Crippen molar-refractivity contribution in [2.45, 2.75) is 0 Å². The van der Waals surface area contributed by atoms with Crippen LogP contribution in [0.15, 0.2) is 0 Å². The van der Waals surface area contributed by atoms with Crippen molar-refractivity contribution in [3.05, 3.63) is 0 Å². The van der Waals surface area contributed by atoms with Crippen LogP contribution in [0, 0.1) is 0 Å². The van der Waals surface area contributed by atoms with E-state index in [4.69, 9.17) is 0 Å². The third-order valence-electron chi connectivity index (χ3n) is 0. The molecular weight excluding hydrogens is 226 g/mol. The average molecular weight is 229 g/mol. The Balaban J connectivity index is 0. The molecule has 0 N–H and O–H groups in total. The van der Waals surface area contributed by atoms with E-state index in [0.29, 0.717) is 0 Å². The summed E-state index contributed by atoms with van der Waals surface area (Å²) >= 11 is 0. The summed E-state index contributed by atoms with van der Waals surface area (Å²) in [5.74, 6) is 0. The van der Waals surface area contributed by atoms with Gasteiger partial charge in [0.05, 0.1) is 0 Å². The van der Waals surface area contributed by atoms with Gasteiger partial charge in [0.15, 0.2) is 0 Å². The molecule has 0 aliphatic carbocycles. The quantitative estimate of drug-likeness (QED) is 0.403. The molecule has 1 unspecified atom stereocenters. The minimum absolute atomic E-state index is 0. The maximum Gasteiger partial charge on any atom is 0 e. The van der Waals surface area contributed by atoms with Crippen molar-refractivity contribution in [3.8, 4) is 0 Å². The molecule has 0 saturated carbocycles. The van der Waals surface area contributed by atoms with E-state index in [-0.39, 0.29) is 65.9 Å². The normalized spacial score (nSPS) is 0. The van der Waals surface area contributed by atoms with Gasteiger partial charge < -0.3 is 16.4 Å². The van der Waals surface area contributed by atoms with Crippen molar-refractivity contribution >= 4 is 9.90 Å². The molecule has 0 aromatic carbocycles. The molecule has 0 aliphatic heterocycles. The van der Waals surface area contributed by atoms with Crippen LogP contribution in [0.2, 0.25) is 0 Å². The largest absolute Gasteiger partial charge is 2.00 e. The zero-order valence-electron chi connectivity index (χ0n) is 2.79. The molecule has 0 heterocycles. The van der Waals surface area contributed by atoms with Crippen molar-refractivity contribution in [3.63, 3.8) is 0 Å². The Kier molecular flexibility index (Phi) is 1790. The van der Waals surface area contributed by atoms with E-state index >= 15 is 0 Å². The van der Waals surface area contributed by atoms with Crippen LogP contribution in [0.25, 0.3) is 0 Å². The zero-order valence-corrected chi connectivity index (χ0v) is 7.61. The van der Waals surface area contributed by atoms with Crippen molar-refractivity contribution in [2.75, 3.05) is 0 Å². The summed E-state index contributed by atoms with van der Waals surface area (Å²) in [5.41, 5.74) is 0. The summed E-state index contributed by atoms with van der Waals surface area (Å²) in [6, 6.07) is 0. The van der Waals surface area contributed by atoms with Crippen molar-refractivity contribution in [1.29, 1.82) is 0 Å². The summed E-state index contributed by atoms with van der Waals surface area (Å²) in [4.78, 5) is 0. The predicted octanol–water partition coefficient (Wildman–Crippen LogP) is -0.303. The molecular formula is H3MoO3PV-6. The van der Waals surface area contributed by atoms with Crippen LogP contribution in [0.4, 0.5) is 0 Å². The summed E-state index contributed by atoms with van der Waals surface area (Å²) in [6.45, 7) is 0. The van der Waals surface area contributed by atoms with Gasteiger partial charge in [0.25, 0.3) is 0 Å². The van der Waals surface area contributed by atoms with Crippen molar-refractivity contribution in [2.24, 2.45) is 0 Å². The molecule has 1 atom stereocenters. The van der Waals surface area contributed by atoms with Crippen LogP contribution in [-0.4, -0.2) is 0 Å². The van der Waals surface area contributed by atoms with Gasteiger partial charge in [0, 0.05) is 39.6 Å². The molecule has 0 rings (SSSR count). The van der Waals surface area contributed by atoms with Crippen LogP contribution in [0.3, 0.4) is 0 Å². The summed E-state index contributed by atoms with van der Waals surface area (Å²) < 4.78 is 0. The molecule has 0 amide bonds. The van der Waals surface area contributed by atoms with Gasteiger partial charge in [0.2, 0.25) is 0 Å². The van der Waals surface area contributed by atoms with Gasteiger partial charge in [-0.2, -0.15) is 9.90 Å². The van der Waals surface area contributed by atoms with E-state index in [1.165, 1.54) is 0 Å². The molecule has 0 aliphatic rings. The molecule has 3 nitrogen and oxygen atoms in total. The molecule has 6 heteroatoms. The first kappa shape index (κ1) is 131. The Labute approximate surface area is 66.0 Å². The zero-order chi connectivity index (χ0) is 0. The minimum Gasteiger partial charge on any atom is -2.00 e. The first-order valence-electron chi connectivity index (χ1n) is 0. The number of rotatable bonds is 0. The standard InChI is InChI=1S/Mo.3O.H3P.V/h;;;;1H3;/q;3*-2;;. The molecule has 1 radical (unpaired) electrons. The molecule has 6 heavy (non-hydrogen) atoms. The van der Waals surface area contributed by atoms with Gasteiger partial charge in [-0.1, -0.05) is 0 Å². The van der Waals surface area contributed by atoms with Gasteiger partial charge in [-0.3, -0.25) is 0 Å². The molecule has 0 spiro atoms. The molecule has 0 aromatic rings. The monoisotopic (exact) mass is 231 g/mol. The van der Waals surface area contributed by atoms with Crippen LogP contribution in [0.1, 0.15) is 0 Å². The Morgan fingerprint density at radius 2 is 0.667 bits per heavy atom. The second-order valence-electron chi connectivity index (χ2n) is 0. The van der Waals surface area contributed by atoms with Gasteiger partial charge in [-0.15, -0.1) is 0 Å². The topological polar surface area (TPSA) is 85.5 Å². The summed E-state index contributed by atoms with van der Waals surface area (Å²) in [7, 11) is 0. The van der Waals surface area contributed by atoms with E-state index in [9.17, 15) is 0 Å². The van der Waals surface area contributed by atoms with E-state index in [1.807, 2.05) is 0 Å². The van der Waals surface area contributed by atoms with Gasteiger partial charge in [-0.25, -0.2) is 0 Å². The van der Waals surface area contributed by atoms with E-state index in [0.717, 1.165) is 0 Å². The Morgan fingerprint density at radius 3 is 0.667 bits per heavy atom. The molecule has 43 valence electrons. The molecule has 0 saturated heterocycles. The Bertz CT molecular complexity index is 10.8. The summed E-state index contributed by atoms with van der Waals surface area (Å²) in [6.07, 6.45) is 0. The predicted molar refractivity (Wildman–Crippen MR) is 13.2 cm³/mol. The molecule has 0 fully saturated rings. The second kappa shape index (κ2) is 81.9. The Morgan fingerprint density at radius 1 is 0.667 bits per heavy atom. The maximum absolute atomic E-state index is 0. The van der Waals surface area contributed by atoms with Crippen LogP contribution in [0.5, 0.6) is 0 Å². The van der Waals surface area contributed by atoms with E-state index in [2.05, 4.69) is 0 Å². The SMILES string of the molecule is P.[Mo].[O-2].[O-2].[O-2].[V]. The third kappa shape index (κ3) is 46.8. The van der Waals surface area contributed by atoms with Crippen LogP contribution in [-0.2, 0) is 56.0 Å². The van der Waals surface area contributed by atoms with Gasteiger partial charge >= 0.3 is 0 Å². The second-order valence-corrected chi connectivity index (χ2v) is 0. The maximum atomic E-state index is 0. The van der Waals surface area contributed by atoms with Crippen molar-refractivity contribution in [1.82, 2.24) is 0 Å². The number of hydrogen-bond acceptors (Lipinski definition) is 0. The first-order valence-corrected chi connectivity index (χ1v) is 0. The van der Waals surface area contributed by atoms with Crippen LogP contribution < -0.4 is 0 Å². The first-order chi connectivity index (χ1) is 0. The van der Waals surface area contributed by atoms with Gasteiger partial charge in [0.1, 0.15) is 0 Å². The summed E-state index contributed by atoms with van der Waals surface area (Å²) in [5, 5.41) is 0. The Hall–Kier alpha value is 1.58. The van der Waals surface area contributed by atoms with E-state index in [1.54, 1.807) is 0 Å². The van der Waals surface area contributed by atoms with Gasteiger partial charge in [-0.05, 0) is 0 Å².